The number of hydrogen-bond acceptors (Lipinski definition) is 3. The van der Waals surface area contributed by atoms with Gasteiger partial charge in [0, 0.05) is 26.8 Å². The van der Waals surface area contributed by atoms with Gasteiger partial charge in [-0.1, -0.05) is 0 Å². The largest absolute Gasteiger partial charge is 0.396 e. The first-order valence-corrected chi connectivity index (χ1v) is 6.55. The molecule has 6 heteroatoms. The molecule has 0 aromatic heterocycles. The number of rotatable bonds is 3. The van der Waals surface area contributed by atoms with E-state index in [1.807, 2.05) is 0 Å². The van der Waals surface area contributed by atoms with Crippen molar-refractivity contribution >= 4 is 11.6 Å². The number of hydrogen-bond donors (Lipinski definition) is 1. The highest BCUT2D eigenvalue weighted by Gasteiger charge is 2.26. The number of carbonyl (C=O) groups excluding carboxylic acids is 1. The average Bonchev–Trinajstić information content (AvgIpc) is 2.43. The molecule has 0 atom stereocenters. The maximum absolute atomic E-state index is 13.8. The summed E-state index contributed by atoms with van der Waals surface area (Å²) < 4.78 is 32.2. The van der Waals surface area contributed by atoms with Gasteiger partial charge < -0.3 is 15.4 Å². The summed E-state index contributed by atoms with van der Waals surface area (Å²) in [5, 5.41) is 0. The number of ether oxygens (including phenoxy) is 1. The van der Waals surface area contributed by atoms with Crippen LogP contribution in [-0.4, -0.2) is 37.6 Å². The third kappa shape index (κ3) is 3.07. The Hall–Kier alpha value is -1.69. The van der Waals surface area contributed by atoms with Crippen molar-refractivity contribution < 1.29 is 18.3 Å². The van der Waals surface area contributed by atoms with E-state index in [0.717, 1.165) is 25.0 Å². The average molecular weight is 284 g/mol. The molecule has 2 rings (SSSR count). The molecule has 1 aromatic rings. The second-order valence-corrected chi connectivity index (χ2v) is 5.05. The van der Waals surface area contributed by atoms with Crippen molar-refractivity contribution in [3.8, 4) is 0 Å². The molecule has 0 radical (unpaired) electrons. The Morgan fingerprint density at radius 2 is 2.05 bits per heavy atom. The molecule has 1 heterocycles. The summed E-state index contributed by atoms with van der Waals surface area (Å²) in [4.78, 5) is 13.8. The molecule has 1 saturated heterocycles. The van der Waals surface area contributed by atoms with Crippen LogP contribution in [0.15, 0.2) is 12.1 Å². The number of nitrogens with zero attached hydrogens (tertiary/aromatic N) is 1. The molecule has 4 nitrogen and oxygen atoms in total. The molecule has 0 aliphatic carbocycles. The molecule has 1 aromatic carbocycles. The van der Waals surface area contributed by atoms with Gasteiger partial charge in [-0.05, 0) is 30.9 Å². The Labute approximate surface area is 116 Å². The number of carbonyl (C=O) groups is 1. The fraction of sp³-hybridized carbons (Fsp3) is 0.500. The van der Waals surface area contributed by atoms with Crippen molar-refractivity contribution in [3.05, 3.63) is 29.3 Å². The van der Waals surface area contributed by atoms with E-state index in [9.17, 15) is 13.6 Å². The summed E-state index contributed by atoms with van der Waals surface area (Å²) in [7, 11) is 1.64. The SMILES string of the molecule is COCC1CCN(C(=O)c2cc(F)cc(N)c2F)CC1. The second-order valence-electron chi connectivity index (χ2n) is 5.05. The Kier molecular flexibility index (Phi) is 4.54. The zero-order chi connectivity index (χ0) is 14.7. The highest BCUT2D eigenvalue weighted by Crippen LogP contribution is 2.23. The third-order valence-electron chi connectivity index (χ3n) is 3.60. The summed E-state index contributed by atoms with van der Waals surface area (Å²) in [6.07, 6.45) is 1.60. The minimum absolute atomic E-state index is 0.298. The fourth-order valence-electron chi connectivity index (χ4n) is 2.47. The zero-order valence-corrected chi connectivity index (χ0v) is 11.4. The summed E-state index contributed by atoms with van der Waals surface area (Å²) >= 11 is 0. The predicted octanol–water partition coefficient (Wildman–Crippen LogP) is 2.05. The standard InChI is InChI=1S/C14H18F2N2O2/c1-20-8-9-2-4-18(5-3-9)14(19)11-6-10(15)7-12(17)13(11)16/h6-7,9H,2-5,8,17H2,1H3. The quantitative estimate of drug-likeness (QED) is 0.864. The van der Waals surface area contributed by atoms with Crippen LogP contribution in [0.2, 0.25) is 0 Å². The molecule has 0 spiro atoms. The molecule has 0 bridgehead atoms. The molecule has 1 fully saturated rings. The van der Waals surface area contributed by atoms with Crippen molar-refractivity contribution in [2.45, 2.75) is 12.8 Å². The Morgan fingerprint density at radius 3 is 2.65 bits per heavy atom. The van der Waals surface area contributed by atoms with Gasteiger partial charge in [0.1, 0.15) is 5.82 Å². The van der Waals surface area contributed by atoms with Gasteiger partial charge in [-0.2, -0.15) is 0 Å². The topological polar surface area (TPSA) is 55.6 Å². The normalized spacial score (nSPS) is 16.4. The van der Waals surface area contributed by atoms with E-state index < -0.39 is 17.5 Å². The fourth-order valence-corrected chi connectivity index (χ4v) is 2.47. The van der Waals surface area contributed by atoms with Crippen molar-refractivity contribution in [3.63, 3.8) is 0 Å². The molecule has 1 amide bonds. The van der Waals surface area contributed by atoms with Crippen molar-refractivity contribution in [1.82, 2.24) is 4.90 Å². The Morgan fingerprint density at radius 1 is 1.40 bits per heavy atom. The summed E-state index contributed by atoms with van der Waals surface area (Å²) in [6.45, 7) is 1.69. The number of piperidine rings is 1. The summed E-state index contributed by atoms with van der Waals surface area (Å²) in [5.74, 6) is -1.66. The molecule has 1 aliphatic heterocycles. The van der Waals surface area contributed by atoms with Crippen LogP contribution in [0.3, 0.4) is 0 Å². The number of benzene rings is 1. The molecule has 0 unspecified atom stereocenters. The lowest BCUT2D eigenvalue weighted by molar-refractivity contribution is 0.0609. The molecule has 110 valence electrons. The molecule has 20 heavy (non-hydrogen) atoms. The smallest absolute Gasteiger partial charge is 0.257 e. The molecular formula is C14H18F2N2O2. The van der Waals surface area contributed by atoms with E-state index in [1.54, 1.807) is 7.11 Å². The Bertz CT molecular complexity index is 500. The Balaban J connectivity index is 2.09. The van der Waals surface area contributed by atoms with Gasteiger partial charge in [0.05, 0.1) is 11.3 Å². The van der Waals surface area contributed by atoms with Crippen LogP contribution >= 0.6 is 0 Å². The van der Waals surface area contributed by atoms with Crippen molar-refractivity contribution in [2.75, 3.05) is 32.5 Å². The minimum Gasteiger partial charge on any atom is -0.396 e. The maximum Gasteiger partial charge on any atom is 0.257 e. The number of nitrogens with two attached hydrogens (primary N) is 1. The van der Waals surface area contributed by atoms with Crippen LogP contribution in [0.5, 0.6) is 0 Å². The number of nitrogen functional groups attached to an aromatic ring is 1. The second kappa shape index (κ2) is 6.17. The monoisotopic (exact) mass is 284 g/mol. The highest BCUT2D eigenvalue weighted by molar-refractivity contribution is 5.95. The van der Waals surface area contributed by atoms with Crippen molar-refractivity contribution in [2.24, 2.45) is 5.92 Å². The van der Waals surface area contributed by atoms with Crippen LogP contribution in [-0.2, 0) is 4.74 Å². The lowest BCUT2D eigenvalue weighted by Crippen LogP contribution is -2.39. The third-order valence-corrected chi connectivity index (χ3v) is 3.60. The van der Waals surface area contributed by atoms with E-state index in [4.69, 9.17) is 10.5 Å². The van der Waals surface area contributed by atoms with Gasteiger partial charge in [0.25, 0.3) is 5.91 Å². The first-order chi connectivity index (χ1) is 9.52. The van der Waals surface area contributed by atoms with E-state index in [1.165, 1.54) is 4.90 Å². The van der Waals surface area contributed by atoms with Gasteiger partial charge in [-0.25, -0.2) is 8.78 Å². The van der Waals surface area contributed by atoms with Crippen LogP contribution < -0.4 is 5.73 Å². The maximum atomic E-state index is 13.8. The molecule has 1 aliphatic rings. The minimum atomic E-state index is -0.851. The van der Waals surface area contributed by atoms with Crippen LogP contribution in [0.1, 0.15) is 23.2 Å². The van der Waals surface area contributed by atoms with Crippen molar-refractivity contribution in [1.29, 1.82) is 0 Å². The predicted molar refractivity (Wildman–Crippen MR) is 71.3 cm³/mol. The summed E-state index contributed by atoms with van der Waals surface area (Å²) in [6, 6.07) is 1.77. The van der Waals surface area contributed by atoms with Gasteiger partial charge >= 0.3 is 0 Å². The van der Waals surface area contributed by atoms with E-state index >= 15 is 0 Å². The lowest BCUT2D eigenvalue weighted by Gasteiger charge is -2.31. The number of halogens is 2. The van der Waals surface area contributed by atoms with E-state index in [2.05, 4.69) is 0 Å². The van der Waals surface area contributed by atoms with E-state index in [0.29, 0.717) is 25.6 Å². The highest BCUT2D eigenvalue weighted by atomic mass is 19.1. The van der Waals surface area contributed by atoms with Crippen LogP contribution in [0.25, 0.3) is 0 Å². The zero-order valence-electron chi connectivity index (χ0n) is 11.4. The molecular weight excluding hydrogens is 266 g/mol. The molecule has 2 N–H and O–H groups in total. The summed E-state index contributed by atoms with van der Waals surface area (Å²) in [5.41, 5.74) is 4.70. The number of likely N-dealkylation sites (tertiary alicyclic amines) is 1. The number of amides is 1. The van der Waals surface area contributed by atoms with Gasteiger partial charge in [-0.3, -0.25) is 4.79 Å². The van der Waals surface area contributed by atoms with Gasteiger partial charge in [-0.15, -0.1) is 0 Å². The number of anilines is 1. The first-order valence-electron chi connectivity index (χ1n) is 6.55. The number of methoxy groups -OCH3 is 1. The van der Waals surface area contributed by atoms with E-state index in [-0.39, 0.29) is 11.3 Å². The lowest BCUT2D eigenvalue weighted by atomic mass is 9.97. The van der Waals surface area contributed by atoms with Crippen LogP contribution in [0.4, 0.5) is 14.5 Å². The molecule has 0 saturated carbocycles. The van der Waals surface area contributed by atoms with Gasteiger partial charge in [0.15, 0.2) is 5.82 Å². The van der Waals surface area contributed by atoms with Gasteiger partial charge in [0.2, 0.25) is 0 Å². The van der Waals surface area contributed by atoms with Crippen LogP contribution in [0, 0.1) is 17.6 Å². The first kappa shape index (κ1) is 14.7.